The van der Waals surface area contributed by atoms with Crippen molar-refractivity contribution in [2.75, 3.05) is 11.5 Å². The molecule has 4 N–H and O–H groups in total. The minimum absolute atomic E-state index is 2.36. The first-order valence-corrected chi connectivity index (χ1v) is 10.0. The maximum absolute atomic E-state index is 15.1. The zero-order valence-electron chi connectivity index (χ0n) is 19.3. The van der Waals surface area contributed by atoms with E-state index in [1.807, 2.05) is 0 Å². The molecule has 0 aliphatic heterocycles. The lowest BCUT2D eigenvalue weighted by Crippen LogP contribution is -2.18. The molecule has 0 aliphatic rings. The summed E-state index contributed by atoms with van der Waals surface area (Å²) in [7, 11) is 0. The molecule has 43 heavy (non-hydrogen) atoms. The number of anilines is 2. The van der Waals surface area contributed by atoms with Crippen molar-refractivity contribution in [3.05, 3.63) is 69.0 Å². The molecule has 0 bridgehead atoms. The standard InChI is InChI=1S/C21H4F18N2O2/c22-4-1(19(31,32)33)13(40)10(28)16(7(4)25)42-15-3(21(37,38)39)6(24)9(27)18(12(15)30)43-17-8(26)5(23)2(20(34,35)36)14(41)11(17)29/h40-41H2. The summed E-state index contributed by atoms with van der Waals surface area (Å²) in [6.45, 7) is 0. The molecule has 3 aromatic rings. The molecule has 0 radical (unpaired) electrons. The third kappa shape index (κ3) is 5.44. The molecule has 3 aromatic carbocycles. The van der Waals surface area contributed by atoms with Crippen LogP contribution in [-0.4, -0.2) is 0 Å². The van der Waals surface area contributed by atoms with E-state index in [2.05, 4.69) is 20.9 Å². The Morgan fingerprint density at radius 3 is 0.884 bits per heavy atom. The minimum Gasteiger partial charge on any atom is -0.447 e. The van der Waals surface area contributed by atoms with E-state index in [0.717, 1.165) is 0 Å². The van der Waals surface area contributed by atoms with Gasteiger partial charge in [0.05, 0.1) is 11.4 Å². The number of alkyl halides is 9. The van der Waals surface area contributed by atoms with Crippen LogP contribution in [0.5, 0.6) is 23.0 Å². The van der Waals surface area contributed by atoms with Crippen molar-refractivity contribution in [3.8, 4) is 23.0 Å². The number of benzene rings is 3. The Bertz CT molecular complexity index is 1580. The van der Waals surface area contributed by atoms with Crippen molar-refractivity contribution >= 4 is 11.4 Å². The molecule has 22 heteroatoms. The molecule has 0 saturated heterocycles. The lowest BCUT2D eigenvalue weighted by molar-refractivity contribution is -0.142. The van der Waals surface area contributed by atoms with Gasteiger partial charge in [-0.1, -0.05) is 0 Å². The number of nitrogen functional groups attached to an aromatic ring is 2. The zero-order valence-corrected chi connectivity index (χ0v) is 19.3. The number of hydrogen-bond acceptors (Lipinski definition) is 4. The number of ether oxygens (including phenoxy) is 2. The van der Waals surface area contributed by atoms with E-state index in [4.69, 9.17) is 0 Å². The van der Waals surface area contributed by atoms with Crippen LogP contribution in [0, 0.1) is 52.4 Å². The van der Waals surface area contributed by atoms with E-state index in [1.54, 1.807) is 0 Å². The van der Waals surface area contributed by atoms with E-state index in [0.29, 0.717) is 0 Å². The second-order valence-corrected chi connectivity index (χ2v) is 7.79. The van der Waals surface area contributed by atoms with Crippen LogP contribution in [-0.2, 0) is 18.5 Å². The van der Waals surface area contributed by atoms with Crippen LogP contribution in [0.2, 0.25) is 0 Å². The second-order valence-electron chi connectivity index (χ2n) is 7.79. The van der Waals surface area contributed by atoms with Crippen molar-refractivity contribution in [3.63, 3.8) is 0 Å². The van der Waals surface area contributed by atoms with Gasteiger partial charge in [-0.3, -0.25) is 0 Å². The highest BCUT2D eigenvalue weighted by molar-refractivity contribution is 5.59. The summed E-state index contributed by atoms with van der Waals surface area (Å²) in [6.07, 6.45) is -18.3. The van der Waals surface area contributed by atoms with Gasteiger partial charge >= 0.3 is 18.5 Å². The molecular weight excluding hydrogens is 654 g/mol. The molecule has 0 aliphatic carbocycles. The van der Waals surface area contributed by atoms with Crippen LogP contribution in [0.4, 0.5) is 90.4 Å². The lowest BCUT2D eigenvalue weighted by Gasteiger charge is -2.21. The average Bonchev–Trinajstić information content (AvgIpc) is 2.84. The predicted octanol–water partition coefficient (Wildman–Crippen LogP) is 8.74. The first-order chi connectivity index (χ1) is 19.3. The van der Waals surface area contributed by atoms with Gasteiger partial charge in [-0.05, 0) is 0 Å². The first kappa shape index (κ1) is 33.1. The summed E-state index contributed by atoms with van der Waals surface area (Å²) in [4.78, 5) is 0. The van der Waals surface area contributed by atoms with Crippen LogP contribution >= 0.6 is 0 Å². The van der Waals surface area contributed by atoms with Gasteiger partial charge in [0.15, 0.2) is 34.8 Å². The number of nitrogens with two attached hydrogens (primary N) is 2. The smallest absolute Gasteiger partial charge is 0.423 e. The van der Waals surface area contributed by atoms with E-state index in [1.165, 1.54) is 0 Å². The fraction of sp³-hybridized carbons (Fsp3) is 0.143. The fourth-order valence-electron chi connectivity index (χ4n) is 3.31. The number of rotatable bonds is 4. The summed E-state index contributed by atoms with van der Waals surface area (Å²) in [5.41, 5.74) is -4.45. The van der Waals surface area contributed by atoms with Crippen LogP contribution < -0.4 is 20.9 Å². The van der Waals surface area contributed by atoms with Crippen LogP contribution in [0.25, 0.3) is 0 Å². The van der Waals surface area contributed by atoms with Crippen molar-refractivity contribution in [2.45, 2.75) is 18.5 Å². The van der Waals surface area contributed by atoms with Gasteiger partial charge in [-0.2, -0.15) is 57.1 Å². The van der Waals surface area contributed by atoms with Crippen molar-refractivity contribution < 1.29 is 88.5 Å². The number of halogens is 18. The van der Waals surface area contributed by atoms with Gasteiger partial charge in [0.2, 0.25) is 40.5 Å². The van der Waals surface area contributed by atoms with E-state index in [9.17, 15) is 74.6 Å². The molecule has 0 amide bonds. The third-order valence-electron chi connectivity index (χ3n) is 5.13. The Morgan fingerprint density at radius 1 is 0.326 bits per heavy atom. The summed E-state index contributed by atoms with van der Waals surface area (Å²) in [5.74, 6) is -39.3. The molecule has 0 spiro atoms. The Hall–Kier alpha value is -4.40. The largest absolute Gasteiger partial charge is 0.447 e. The van der Waals surface area contributed by atoms with E-state index in [-0.39, 0.29) is 0 Å². The van der Waals surface area contributed by atoms with E-state index < -0.39 is 122 Å². The third-order valence-corrected chi connectivity index (χ3v) is 5.13. The second kappa shape index (κ2) is 10.4. The van der Waals surface area contributed by atoms with E-state index >= 15 is 4.39 Å². The summed E-state index contributed by atoms with van der Waals surface area (Å²) >= 11 is 0. The molecule has 0 atom stereocenters. The average molecular weight is 658 g/mol. The van der Waals surface area contributed by atoms with Crippen LogP contribution in [0.1, 0.15) is 16.7 Å². The fourth-order valence-corrected chi connectivity index (χ4v) is 3.31. The van der Waals surface area contributed by atoms with Crippen LogP contribution in [0.15, 0.2) is 0 Å². The molecular formula is C21H4F18N2O2. The molecule has 3 rings (SSSR count). The van der Waals surface area contributed by atoms with Crippen molar-refractivity contribution in [1.29, 1.82) is 0 Å². The lowest BCUT2D eigenvalue weighted by atomic mass is 10.1. The van der Waals surface area contributed by atoms with Crippen molar-refractivity contribution in [1.82, 2.24) is 0 Å². The normalized spacial score (nSPS) is 12.6. The monoisotopic (exact) mass is 658 g/mol. The zero-order chi connectivity index (χ0) is 33.3. The van der Waals surface area contributed by atoms with Crippen molar-refractivity contribution in [2.24, 2.45) is 0 Å². The Labute approximate surface area is 223 Å². The Kier molecular flexibility index (Phi) is 8.01. The van der Waals surface area contributed by atoms with Gasteiger partial charge in [0.25, 0.3) is 0 Å². The molecule has 0 unspecified atom stereocenters. The van der Waals surface area contributed by atoms with Gasteiger partial charge in [-0.25, -0.2) is 22.0 Å². The van der Waals surface area contributed by atoms with Gasteiger partial charge in [0, 0.05) is 0 Å². The summed E-state index contributed by atoms with van der Waals surface area (Å²) < 4.78 is 255. The molecule has 236 valence electrons. The highest BCUT2D eigenvalue weighted by Crippen LogP contribution is 2.50. The highest BCUT2D eigenvalue weighted by atomic mass is 19.4. The SMILES string of the molecule is Nc1c(F)c(Oc2c(F)c(F)c(C(F)(F)F)c(Oc3c(F)c(N)c(C(F)(F)F)c(F)c3F)c2F)c(F)c(F)c1C(F)(F)F. The molecule has 0 fully saturated rings. The first-order valence-electron chi connectivity index (χ1n) is 10.0. The maximum Gasteiger partial charge on any atom is 0.423 e. The minimum atomic E-state index is -6.37. The highest BCUT2D eigenvalue weighted by Gasteiger charge is 2.47. The quantitative estimate of drug-likeness (QED) is 0.167. The maximum atomic E-state index is 15.1. The molecule has 4 nitrogen and oxygen atoms in total. The molecule has 0 saturated carbocycles. The molecule has 0 heterocycles. The Balaban J connectivity index is 2.38. The topological polar surface area (TPSA) is 70.5 Å². The van der Waals surface area contributed by atoms with Crippen LogP contribution in [0.3, 0.4) is 0 Å². The summed E-state index contributed by atoms with van der Waals surface area (Å²) in [5, 5.41) is 0. The van der Waals surface area contributed by atoms with Gasteiger partial charge in [-0.15, -0.1) is 0 Å². The molecule has 0 aromatic heterocycles. The summed E-state index contributed by atoms with van der Waals surface area (Å²) in [6, 6.07) is 0. The van der Waals surface area contributed by atoms with Gasteiger partial charge in [0.1, 0.15) is 16.7 Å². The van der Waals surface area contributed by atoms with Gasteiger partial charge < -0.3 is 20.9 Å². The number of hydrogen-bond donors (Lipinski definition) is 2. The Morgan fingerprint density at radius 2 is 0.581 bits per heavy atom. The predicted molar refractivity (Wildman–Crippen MR) is 103 cm³/mol.